The summed E-state index contributed by atoms with van der Waals surface area (Å²) in [6.07, 6.45) is 0. The Morgan fingerprint density at radius 3 is 0.793 bits per heavy atom. The van der Waals surface area contributed by atoms with E-state index < -0.39 is 0 Å². The van der Waals surface area contributed by atoms with Crippen molar-refractivity contribution in [1.82, 2.24) is 0 Å². The van der Waals surface area contributed by atoms with E-state index in [1.165, 1.54) is 115 Å². The van der Waals surface area contributed by atoms with Crippen LogP contribution in [0.2, 0.25) is 0 Å². The molecule has 0 atom stereocenters. The summed E-state index contributed by atoms with van der Waals surface area (Å²) in [5.41, 5.74) is 11.1. The van der Waals surface area contributed by atoms with Crippen LogP contribution in [-0.4, -0.2) is 0 Å². The van der Waals surface area contributed by atoms with Crippen molar-refractivity contribution in [3.05, 3.63) is 206 Å². The lowest BCUT2D eigenvalue weighted by atomic mass is 9.83. The second-order valence-electron chi connectivity index (χ2n) is 16.9. The summed E-state index contributed by atoms with van der Waals surface area (Å²) in [7, 11) is 0. The van der Waals surface area contributed by atoms with Crippen molar-refractivity contribution >= 4 is 64.6 Å². The number of hydrogen-bond acceptors (Lipinski definition) is 0. The Bertz CT molecular complexity index is 3140. The maximum absolute atomic E-state index is 2.39. The molecule has 0 saturated carbocycles. The van der Waals surface area contributed by atoms with E-state index >= 15 is 0 Å². The third kappa shape index (κ3) is 5.67. The minimum Gasteiger partial charge on any atom is -0.0616 e. The van der Waals surface area contributed by atoms with Gasteiger partial charge in [0.2, 0.25) is 0 Å². The third-order valence-corrected chi connectivity index (χ3v) is 12.3. The molecule has 0 aliphatic carbocycles. The van der Waals surface area contributed by atoms with E-state index in [0.29, 0.717) is 0 Å². The van der Waals surface area contributed by atoms with Gasteiger partial charge in [0.05, 0.1) is 0 Å². The molecule has 0 aliphatic heterocycles. The molecule has 0 N–H and O–H groups in total. The van der Waals surface area contributed by atoms with Crippen LogP contribution < -0.4 is 0 Å². The molecule has 0 bridgehead atoms. The third-order valence-electron chi connectivity index (χ3n) is 12.3. The van der Waals surface area contributed by atoms with Crippen LogP contribution in [0, 0.1) is 0 Å². The highest BCUT2D eigenvalue weighted by Crippen LogP contribution is 2.41. The van der Waals surface area contributed by atoms with Crippen LogP contribution >= 0.6 is 0 Å². The SMILES string of the molecule is CC(C)(C)c1cc(-c2cccc(-c3ccc4c5ccccc5c5ccccc5c4c3)c2)cc(-c2cccc(-c3ccc4c5ccccc5c5ccccc5c4c3)c2)c1. The molecule has 0 amide bonds. The number of fused-ring (bicyclic) bond motifs is 12. The van der Waals surface area contributed by atoms with Crippen molar-refractivity contribution in [3.8, 4) is 44.5 Å². The summed E-state index contributed by atoms with van der Waals surface area (Å²) < 4.78 is 0. The Morgan fingerprint density at radius 2 is 0.466 bits per heavy atom. The Morgan fingerprint density at radius 1 is 0.207 bits per heavy atom. The van der Waals surface area contributed by atoms with Crippen LogP contribution in [0.25, 0.3) is 109 Å². The maximum atomic E-state index is 2.39. The monoisotopic (exact) mass is 738 g/mol. The van der Waals surface area contributed by atoms with Gasteiger partial charge in [-0.3, -0.25) is 0 Å². The van der Waals surface area contributed by atoms with Gasteiger partial charge in [0.1, 0.15) is 0 Å². The first-order valence-corrected chi connectivity index (χ1v) is 20.4. The average Bonchev–Trinajstić information content (AvgIpc) is 3.28. The van der Waals surface area contributed by atoms with Crippen molar-refractivity contribution < 1.29 is 0 Å². The average molecular weight is 739 g/mol. The van der Waals surface area contributed by atoms with E-state index in [-0.39, 0.29) is 5.41 Å². The first-order chi connectivity index (χ1) is 28.4. The lowest BCUT2D eigenvalue weighted by Gasteiger charge is -2.22. The Hall–Kier alpha value is -7.02. The van der Waals surface area contributed by atoms with Crippen LogP contribution in [0.3, 0.4) is 0 Å². The topological polar surface area (TPSA) is 0 Å². The highest BCUT2D eigenvalue weighted by atomic mass is 14.2. The highest BCUT2D eigenvalue weighted by Gasteiger charge is 2.18. The van der Waals surface area contributed by atoms with Gasteiger partial charge in [-0.1, -0.05) is 191 Å². The van der Waals surface area contributed by atoms with Crippen molar-refractivity contribution in [2.45, 2.75) is 26.2 Å². The second-order valence-corrected chi connectivity index (χ2v) is 16.9. The lowest BCUT2D eigenvalue weighted by molar-refractivity contribution is 0.590. The largest absolute Gasteiger partial charge is 0.0616 e. The molecule has 274 valence electrons. The molecule has 11 aromatic rings. The molecular weight excluding hydrogens is 697 g/mol. The van der Waals surface area contributed by atoms with E-state index in [1.54, 1.807) is 0 Å². The molecule has 0 nitrogen and oxygen atoms in total. The predicted octanol–water partition coefficient (Wildman–Crippen LogP) is 16.6. The van der Waals surface area contributed by atoms with Crippen LogP contribution in [-0.2, 0) is 5.41 Å². The van der Waals surface area contributed by atoms with E-state index in [4.69, 9.17) is 0 Å². The van der Waals surface area contributed by atoms with Gasteiger partial charge < -0.3 is 0 Å². The van der Waals surface area contributed by atoms with Gasteiger partial charge in [0.15, 0.2) is 0 Å². The number of hydrogen-bond donors (Lipinski definition) is 0. The fourth-order valence-electron chi connectivity index (χ4n) is 9.33. The molecular formula is C58H42. The molecule has 0 unspecified atom stereocenters. The van der Waals surface area contributed by atoms with Gasteiger partial charge in [0.25, 0.3) is 0 Å². The highest BCUT2D eigenvalue weighted by molar-refractivity contribution is 6.27. The molecule has 0 heterocycles. The van der Waals surface area contributed by atoms with Gasteiger partial charge in [-0.2, -0.15) is 0 Å². The van der Waals surface area contributed by atoms with E-state index in [1.807, 2.05) is 0 Å². The summed E-state index contributed by atoms with van der Waals surface area (Å²) in [6, 6.07) is 74.6. The molecule has 0 radical (unpaired) electrons. The summed E-state index contributed by atoms with van der Waals surface area (Å²) >= 11 is 0. The zero-order valence-electron chi connectivity index (χ0n) is 33.1. The van der Waals surface area contributed by atoms with Crippen molar-refractivity contribution in [3.63, 3.8) is 0 Å². The number of rotatable bonds is 4. The predicted molar refractivity (Wildman–Crippen MR) is 252 cm³/mol. The minimum absolute atomic E-state index is 0.0235. The molecule has 11 rings (SSSR count). The first-order valence-electron chi connectivity index (χ1n) is 20.4. The van der Waals surface area contributed by atoms with E-state index in [2.05, 4.69) is 221 Å². The zero-order chi connectivity index (χ0) is 39.0. The Balaban J connectivity index is 1.02. The van der Waals surface area contributed by atoms with Crippen LogP contribution in [0.4, 0.5) is 0 Å². The molecule has 0 fully saturated rings. The number of benzene rings is 11. The van der Waals surface area contributed by atoms with Crippen molar-refractivity contribution in [2.75, 3.05) is 0 Å². The Kier molecular flexibility index (Phi) is 7.85. The summed E-state index contributed by atoms with van der Waals surface area (Å²) in [5, 5.41) is 15.6. The Labute approximate surface area is 339 Å². The maximum Gasteiger partial charge on any atom is -0.00928 e. The van der Waals surface area contributed by atoms with Crippen LogP contribution in [0.1, 0.15) is 26.3 Å². The van der Waals surface area contributed by atoms with Crippen LogP contribution in [0.15, 0.2) is 200 Å². The van der Waals surface area contributed by atoms with E-state index in [9.17, 15) is 0 Å². The normalized spacial score (nSPS) is 12.1. The molecule has 0 aromatic heterocycles. The smallest absolute Gasteiger partial charge is 0.00928 e. The molecule has 0 aliphatic rings. The van der Waals surface area contributed by atoms with Crippen molar-refractivity contribution in [2.24, 2.45) is 0 Å². The first kappa shape index (κ1) is 34.2. The fraction of sp³-hybridized carbons (Fsp3) is 0.0690. The van der Waals surface area contributed by atoms with Gasteiger partial charge in [-0.05, 0) is 150 Å². The summed E-state index contributed by atoms with van der Waals surface area (Å²) in [4.78, 5) is 0. The summed E-state index contributed by atoms with van der Waals surface area (Å²) in [6.45, 7) is 6.94. The molecule has 0 spiro atoms. The summed E-state index contributed by atoms with van der Waals surface area (Å²) in [5.74, 6) is 0. The molecule has 58 heavy (non-hydrogen) atoms. The van der Waals surface area contributed by atoms with Crippen LogP contribution in [0.5, 0.6) is 0 Å². The lowest BCUT2D eigenvalue weighted by Crippen LogP contribution is -2.11. The molecule has 0 saturated heterocycles. The standard InChI is InChI=1S/C58H42/c1-58(2,3)45-33-43(39-16-12-14-37(30-39)41-26-28-54-50-22-6-4-18-46(50)48-20-8-10-24-52(48)56(54)35-41)32-44(34-45)40-17-13-15-38(31-40)42-27-29-55-51-23-7-5-19-47(51)49-21-9-11-25-53(49)57(55)36-42/h4-36H,1-3H3. The van der Waals surface area contributed by atoms with Gasteiger partial charge in [-0.25, -0.2) is 0 Å². The second kappa shape index (κ2) is 13.3. The van der Waals surface area contributed by atoms with Gasteiger partial charge in [-0.15, -0.1) is 0 Å². The molecule has 0 heteroatoms. The molecule has 11 aromatic carbocycles. The van der Waals surface area contributed by atoms with Gasteiger partial charge in [0, 0.05) is 0 Å². The van der Waals surface area contributed by atoms with Crippen molar-refractivity contribution in [1.29, 1.82) is 0 Å². The van der Waals surface area contributed by atoms with E-state index in [0.717, 1.165) is 0 Å². The van der Waals surface area contributed by atoms with Gasteiger partial charge >= 0.3 is 0 Å². The zero-order valence-corrected chi connectivity index (χ0v) is 33.1. The quantitative estimate of drug-likeness (QED) is 0.158. The minimum atomic E-state index is -0.0235. The fourth-order valence-corrected chi connectivity index (χ4v) is 9.33.